The van der Waals surface area contributed by atoms with E-state index < -0.39 is 5.97 Å². The first kappa shape index (κ1) is 13.6. The van der Waals surface area contributed by atoms with Gasteiger partial charge in [-0.1, -0.05) is 24.8 Å². The maximum atomic E-state index is 11.1. The molecule has 1 aromatic rings. The summed E-state index contributed by atoms with van der Waals surface area (Å²) in [6, 6.07) is 9.42. The minimum Gasteiger partial charge on any atom is -0.492 e. The van der Waals surface area contributed by atoms with Crippen LogP contribution in [0.15, 0.2) is 42.5 Å². The van der Waals surface area contributed by atoms with E-state index in [1.165, 1.54) is 0 Å². The lowest BCUT2D eigenvalue weighted by molar-refractivity contribution is -0.138. The van der Waals surface area contributed by atoms with Gasteiger partial charge < -0.3 is 9.47 Å². The molecule has 0 N–H and O–H groups in total. The van der Waals surface area contributed by atoms with E-state index in [1.807, 2.05) is 30.3 Å². The standard InChI is InChI=1S/C13H16O3S/c1-10(2)13(14)16-9-12(17)8-15-11-6-4-3-5-7-11/h3-7,12,17H,1,8-9H2,2H3. The SMILES string of the molecule is C=C(C)C(=O)OCC(S)COc1ccccc1. The quantitative estimate of drug-likeness (QED) is 0.480. The molecule has 0 aliphatic rings. The minimum atomic E-state index is -0.399. The van der Waals surface area contributed by atoms with Gasteiger partial charge in [0.25, 0.3) is 0 Å². The van der Waals surface area contributed by atoms with E-state index in [0.717, 1.165) is 5.75 Å². The second-order valence-corrected chi connectivity index (χ2v) is 4.39. The molecule has 1 rings (SSSR count). The highest BCUT2D eigenvalue weighted by Gasteiger charge is 2.09. The van der Waals surface area contributed by atoms with Crippen LogP contribution in [0.25, 0.3) is 0 Å². The number of thiol groups is 1. The van der Waals surface area contributed by atoms with Crippen LogP contribution in [0.2, 0.25) is 0 Å². The minimum absolute atomic E-state index is 0.154. The molecule has 0 fully saturated rings. The van der Waals surface area contributed by atoms with Crippen molar-refractivity contribution in [1.82, 2.24) is 0 Å². The molecule has 0 heterocycles. The number of rotatable bonds is 6. The lowest BCUT2D eigenvalue weighted by atomic mass is 10.3. The van der Waals surface area contributed by atoms with E-state index in [4.69, 9.17) is 9.47 Å². The molecule has 0 spiro atoms. The summed E-state index contributed by atoms with van der Waals surface area (Å²) in [4.78, 5) is 11.1. The van der Waals surface area contributed by atoms with Gasteiger partial charge in [-0.15, -0.1) is 0 Å². The molecule has 1 unspecified atom stereocenters. The third-order valence-corrected chi connectivity index (χ3v) is 2.24. The largest absolute Gasteiger partial charge is 0.492 e. The summed E-state index contributed by atoms with van der Waals surface area (Å²) in [7, 11) is 0. The number of benzene rings is 1. The van der Waals surface area contributed by atoms with Crippen molar-refractivity contribution in [2.75, 3.05) is 13.2 Å². The van der Waals surface area contributed by atoms with Crippen LogP contribution in [0, 0.1) is 0 Å². The topological polar surface area (TPSA) is 35.5 Å². The third-order valence-electron chi connectivity index (χ3n) is 1.94. The lowest BCUT2D eigenvalue weighted by Gasteiger charge is -2.12. The van der Waals surface area contributed by atoms with Gasteiger partial charge in [0.2, 0.25) is 0 Å². The Hall–Kier alpha value is -1.42. The van der Waals surface area contributed by atoms with Gasteiger partial charge in [-0.3, -0.25) is 0 Å². The van der Waals surface area contributed by atoms with Crippen LogP contribution < -0.4 is 4.74 Å². The summed E-state index contributed by atoms with van der Waals surface area (Å²) in [5, 5.41) is -0.154. The molecule has 0 radical (unpaired) electrons. The summed E-state index contributed by atoms with van der Waals surface area (Å²) in [5.74, 6) is 0.376. The van der Waals surface area contributed by atoms with Gasteiger partial charge in [0.1, 0.15) is 19.0 Å². The highest BCUT2D eigenvalue weighted by atomic mass is 32.1. The van der Waals surface area contributed by atoms with Crippen LogP contribution in [0.3, 0.4) is 0 Å². The Morgan fingerprint density at radius 2 is 2.00 bits per heavy atom. The molecule has 0 aliphatic heterocycles. The highest BCUT2D eigenvalue weighted by Crippen LogP contribution is 2.10. The molecule has 0 saturated heterocycles. The fraction of sp³-hybridized carbons (Fsp3) is 0.308. The Kier molecular flexibility index (Phi) is 5.63. The molecule has 0 amide bonds. The molecular formula is C13H16O3S. The van der Waals surface area contributed by atoms with Crippen molar-refractivity contribution >= 4 is 18.6 Å². The van der Waals surface area contributed by atoms with Gasteiger partial charge in [-0.05, 0) is 19.1 Å². The van der Waals surface area contributed by atoms with Crippen LogP contribution in [0.1, 0.15) is 6.92 Å². The smallest absolute Gasteiger partial charge is 0.333 e. The predicted octanol–water partition coefficient (Wildman–Crippen LogP) is 2.48. The molecular weight excluding hydrogens is 236 g/mol. The van der Waals surface area contributed by atoms with Crippen molar-refractivity contribution < 1.29 is 14.3 Å². The lowest BCUT2D eigenvalue weighted by Crippen LogP contribution is -2.20. The van der Waals surface area contributed by atoms with Crippen molar-refractivity contribution in [3.05, 3.63) is 42.5 Å². The van der Waals surface area contributed by atoms with Crippen LogP contribution in [0.4, 0.5) is 0 Å². The van der Waals surface area contributed by atoms with Crippen molar-refractivity contribution in [3.8, 4) is 5.75 Å². The molecule has 3 nitrogen and oxygen atoms in total. The van der Waals surface area contributed by atoms with Gasteiger partial charge in [0.05, 0.1) is 5.25 Å². The second kappa shape index (κ2) is 7.01. The molecule has 0 aromatic heterocycles. The first-order valence-corrected chi connectivity index (χ1v) is 5.80. The summed E-state index contributed by atoms with van der Waals surface area (Å²) in [6.45, 7) is 5.70. The van der Waals surface area contributed by atoms with E-state index >= 15 is 0 Å². The number of hydrogen-bond donors (Lipinski definition) is 1. The van der Waals surface area contributed by atoms with Gasteiger partial charge in [0.15, 0.2) is 0 Å². The van der Waals surface area contributed by atoms with Gasteiger partial charge in [0, 0.05) is 5.57 Å². The molecule has 1 atom stereocenters. The number of hydrogen-bond acceptors (Lipinski definition) is 4. The third kappa shape index (κ3) is 5.45. The maximum absolute atomic E-state index is 11.1. The number of ether oxygens (including phenoxy) is 2. The Balaban J connectivity index is 2.24. The van der Waals surface area contributed by atoms with Crippen molar-refractivity contribution in [2.24, 2.45) is 0 Å². The fourth-order valence-electron chi connectivity index (χ4n) is 1.05. The fourth-order valence-corrected chi connectivity index (χ4v) is 1.20. The summed E-state index contributed by atoms with van der Waals surface area (Å²) >= 11 is 4.27. The predicted molar refractivity (Wildman–Crippen MR) is 70.5 cm³/mol. The van der Waals surface area contributed by atoms with Crippen LogP contribution >= 0.6 is 12.6 Å². The normalized spacial score (nSPS) is 11.6. The number of carbonyl (C=O) groups is 1. The van der Waals surface area contributed by atoms with Gasteiger partial charge >= 0.3 is 5.97 Å². The van der Waals surface area contributed by atoms with E-state index in [-0.39, 0.29) is 11.9 Å². The number of carbonyl (C=O) groups excluding carboxylic acids is 1. The first-order chi connectivity index (χ1) is 8.09. The summed E-state index contributed by atoms with van der Waals surface area (Å²) in [5.41, 5.74) is 0.384. The van der Waals surface area contributed by atoms with Crippen molar-refractivity contribution in [3.63, 3.8) is 0 Å². The zero-order chi connectivity index (χ0) is 12.7. The van der Waals surface area contributed by atoms with E-state index in [0.29, 0.717) is 12.2 Å². The monoisotopic (exact) mass is 252 g/mol. The Bertz CT molecular complexity index is 376. The molecule has 92 valence electrons. The van der Waals surface area contributed by atoms with Crippen molar-refractivity contribution in [2.45, 2.75) is 12.2 Å². The second-order valence-electron chi connectivity index (χ2n) is 3.66. The molecule has 0 saturated carbocycles. The Morgan fingerprint density at radius 3 is 2.59 bits per heavy atom. The average molecular weight is 252 g/mol. The zero-order valence-electron chi connectivity index (χ0n) is 9.76. The van der Waals surface area contributed by atoms with E-state index in [1.54, 1.807) is 6.92 Å². The van der Waals surface area contributed by atoms with E-state index in [2.05, 4.69) is 19.2 Å². The molecule has 17 heavy (non-hydrogen) atoms. The van der Waals surface area contributed by atoms with Gasteiger partial charge in [-0.25, -0.2) is 4.79 Å². The highest BCUT2D eigenvalue weighted by molar-refractivity contribution is 7.81. The molecule has 0 aliphatic carbocycles. The summed E-state index contributed by atoms with van der Waals surface area (Å²) < 4.78 is 10.4. The number of para-hydroxylation sites is 1. The molecule has 0 bridgehead atoms. The Labute approximate surface area is 107 Å². The maximum Gasteiger partial charge on any atom is 0.333 e. The zero-order valence-corrected chi connectivity index (χ0v) is 10.7. The number of esters is 1. The molecule has 4 heteroatoms. The van der Waals surface area contributed by atoms with E-state index in [9.17, 15) is 4.79 Å². The molecule has 1 aromatic carbocycles. The summed E-state index contributed by atoms with van der Waals surface area (Å²) in [6.07, 6.45) is 0. The van der Waals surface area contributed by atoms with Crippen LogP contribution in [0.5, 0.6) is 5.75 Å². The first-order valence-electron chi connectivity index (χ1n) is 5.28. The average Bonchev–Trinajstić information content (AvgIpc) is 2.34. The van der Waals surface area contributed by atoms with Crippen LogP contribution in [-0.2, 0) is 9.53 Å². The Morgan fingerprint density at radius 1 is 1.35 bits per heavy atom. The van der Waals surface area contributed by atoms with Crippen LogP contribution in [-0.4, -0.2) is 24.4 Å². The van der Waals surface area contributed by atoms with Gasteiger partial charge in [-0.2, -0.15) is 12.6 Å². The van der Waals surface area contributed by atoms with Crippen molar-refractivity contribution in [1.29, 1.82) is 0 Å².